The molecule has 1 atom stereocenters. The van der Waals surface area contributed by atoms with E-state index in [9.17, 15) is 9.59 Å². The van der Waals surface area contributed by atoms with E-state index in [1.54, 1.807) is 14.2 Å². The van der Waals surface area contributed by atoms with Crippen molar-refractivity contribution in [3.63, 3.8) is 0 Å². The first-order valence-electron chi connectivity index (χ1n) is 11.1. The van der Waals surface area contributed by atoms with Gasteiger partial charge in [-0.1, -0.05) is 36.4 Å². The molecular formula is C28H25NO5. The second-order valence-corrected chi connectivity index (χ2v) is 8.61. The van der Waals surface area contributed by atoms with Gasteiger partial charge in [0.25, 0.3) is 5.91 Å². The number of rotatable bonds is 5. The number of carbonyl (C=O) groups is 1. The Morgan fingerprint density at radius 2 is 1.68 bits per heavy atom. The second kappa shape index (κ2) is 8.37. The number of carbonyl (C=O) groups excluding carboxylic acids is 1. The first-order chi connectivity index (χ1) is 16.4. The highest BCUT2D eigenvalue weighted by Gasteiger charge is 2.41. The third-order valence-electron chi connectivity index (χ3n) is 6.46. The summed E-state index contributed by atoms with van der Waals surface area (Å²) in [6.45, 7) is 4.30. The van der Waals surface area contributed by atoms with E-state index >= 15 is 0 Å². The molecule has 4 aromatic rings. The Balaban J connectivity index is 1.57. The van der Waals surface area contributed by atoms with E-state index in [-0.39, 0.29) is 17.1 Å². The van der Waals surface area contributed by atoms with Crippen LogP contribution in [-0.2, 0) is 6.61 Å². The van der Waals surface area contributed by atoms with Crippen molar-refractivity contribution < 1.29 is 18.7 Å². The minimum absolute atomic E-state index is 0.0941. The molecule has 1 aliphatic heterocycles. The predicted molar refractivity (Wildman–Crippen MR) is 130 cm³/mol. The zero-order valence-corrected chi connectivity index (χ0v) is 19.5. The average molecular weight is 456 g/mol. The first-order valence-corrected chi connectivity index (χ1v) is 11.1. The van der Waals surface area contributed by atoms with Crippen molar-refractivity contribution in [3.8, 4) is 11.5 Å². The fourth-order valence-electron chi connectivity index (χ4n) is 4.44. The van der Waals surface area contributed by atoms with Gasteiger partial charge < -0.3 is 18.8 Å². The van der Waals surface area contributed by atoms with Crippen LogP contribution in [0.1, 0.15) is 44.4 Å². The molecule has 1 aliphatic rings. The van der Waals surface area contributed by atoms with E-state index in [1.807, 2.05) is 74.5 Å². The Morgan fingerprint density at radius 1 is 0.941 bits per heavy atom. The minimum Gasteiger partial charge on any atom is -0.493 e. The summed E-state index contributed by atoms with van der Waals surface area (Å²) in [4.78, 5) is 28.1. The lowest BCUT2D eigenvalue weighted by atomic mass is 9.97. The number of amides is 1. The Morgan fingerprint density at radius 3 is 2.41 bits per heavy atom. The van der Waals surface area contributed by atoms with Crippen LogP contribution < -0.4 is 14.9 Å². The Labute approximate surface area is 197 Å². The van der Waals surface area contributed by atoms with Crippen LogP contribution in [0.5, 0.6) is 11.5 Å². The van der Waals surface area contributed by atoms with E-state index in [2.05, 4.69) is 0 Å². The van der Waals surface area contributed by atoms with E-state index in [0.717, 1.165) is 22.3 Å². The van der Waals surface area contributed by atoms with Crippen LogP contribution in [0.4, 0.5) is 0 Å². The molecule has 1 aromatic heterocycles. The van der Waals surface area contributed by atoms with Gasteiger partial charge in [0.15, 0.2) is 16.9 Å². The zero-order chi connectivity index (χ0) is 24.0. The molecule has 0 spiro atoms. The van der Waals surface area contributed by atoms with Crippen molar-refractivity contribution in [1.82, 2.24) is 4.90 Å². The quantitative estimate of drug-likeness (QED) is 0.415. The van der Waals surface area contributed by atoms with Crippen molar-refractivity contribution in [3.05, 3.63) is 104 Å². The molecule has 0 saturated heterocycles. The minimum atomic E-state index is -0.582. The number of fused-ring (bicyclic) bond motifs is 2. The summed E-state index contributed by atoms with van der Waals surface area (Å²) < 4.78 is 17.5. The first kappa shape index (κ1) is 21.8. The molecule has 0 N–H and O–H groups in total. The van der Waals surface area contributed by atoms with Gasteiger partial charge in [-0.15, -0.1) is 0 Å². The molecule has 1 unspecified atom stereocenters. The number of methoxy groups -OCH3 is 1. The Hall–Kier alpha value is -4.06. The third-order valence-corrected chi connectivity index (χ3v) is 6.46. The zero-order valence-electron chi connectivity index (χ0n) is 19.5. The molecule has 0 bridgehead atoms. The maximum atomic E-state index is 13.5. The van der Waals surface area contributed by atoms with E-state index in [1.165, 1.54) is 4.90 Å². The van der Waals surface area contributed by atoms with Gasteiger partial charge in [-0.25, -0.2) is 0 Å². The highest BCUT2D eigenvalue weighted by Crippen LogP contribution is 2.40. The van der Waals surface area contributed by atoms with Crippen LogP contribution in [0, 0.1) is 13.8 Å². The van der Waals surface area contributed by atoms with Crippen LogP contribution in [-0.4, -0.2) is 25.0 Å². The second-order valence-electron chi connectivity index (χ2n) is 8.61. The molecule has 3 aromatic carbocycles. The number of ether oxygens (including phenoxy) is 2. The molecule has 0 aliphatic carbocycles. The molecule has 1 amide bonds. The average Bonchev–Trinajstić information content (AvgIpc) is 3.10. The normalized spacial score (nSPS) is 15.0. The maximum absolute atomic E-state index is 13.5. The van der Waals surface area contributed by atoms with Gasteiger partial charge in [0, 0.05) is 7.05 Å². The van der Waals surface area contributed by atoms with Gasteiger partial charge in [-0.05, 0) is 60.4 Å². The smallest absolute Gasteiger partial charge is 0.290 e. The third kappa shape index (κ3) is 3.52. The largest absolute Gasteiger partial charge is 0.493 e. The van der Waals surface area contributed by atoms with Gasteiger partial charge in [0.1, 0.15) is 12.2 Å². The monoisotopic (exact) mass is 455 g/mol. The lowest BCUT2D eigenvalue weighted by Gasteiger charge is -2.21. The number of aryl methyl sites for hydroxylation is 2. The molecule has 6 nitrogen and oxygen atoms in total. The molecule has 0 fully saturated rings. The molecular weight excluding hydrogens is 430 g/mol. The predicted octanol–water partition coefficient (Wildman–Crippen LogP) is 5.17. The van der Waals surface area contributed by atoms with Gasteiger partial charge in [-0.2, -0.15) is 0 Å². The number of hydrogen-bond donors (Lipinski definition) is 0. The van der Waals surface area contributed by atoms with Crippen LogP contribution in [0.15, 0.2) is 69.9 Å². The molecule has 34 heavy (non-hydrogen) atoms. The number of benzene rings is 3. The Kier molecular flexibility index (Phi) is 5.36. The molecule has 6 heteroatoms. The lowest BCUT2D eigenvalue weighted by molar-refractivity contribution is 0.0771. The summed E-state index contributed by atoms with van der Waals surface area (Å²) in [6, 6.07) is 18.4. The topological polar surface area (TPSA) is 69.0 Å². The summed E-state index contributed by atoms with van der Waals surface area (Å²) in [5, 5.41) is 0.477. The standard InChI is InChI=1S/C28H25NO5/c1-16-12-20-22(13-17(16)2)34-27-24(26(20)30)25(29(3)28(27)31)19-10-11-21(23(14-19)32-4)33-15-18-8-6-5-7-9-18/h5-14,25H,15H2,1-4H3. The lowest BCUT2D eigenvalue weighted by Crippen LogP contribution is -2.25. The SMILES string of the molecule is COc1cc(C2c3c(oc4cc(C)c(C)cc4c3=O)C(=O)N2C)ccc1OCc1ccccc1. The van der Waals surface area contributed by atoms with Crippen molar-refractivity contribution >= 4 is 16.9 Å². The molecule has 2 heterocycles. The van der Waals surface area contributed by atoms with Crippen LogP contribution in [0.3, 0.4) is 0 Å². The summed E-state index contributed by atoms with van der Waals surface area (Å²) in [5.74, 6) is 0.885. The summed E-state index contributed by atoms with van der Waals surface area (Å²) in [7, 11) is 3.24. The van der Waals surface area contributed by atoms with Gasteiger partial charge in [0.2, 0.25) is 5.76 Å². The van der Waals surface area contributed by atoms with Gasteiger partial charge >= 0.3 is 0 Å². The fraction of sp³-hybridized carbons (Fsp3) is 0.214. The fourth-order valence-corrected chi connectivity index (χ4v) is 4.44. The highest BCUT2D eigenvalue weighted by atomic mass is 16.5. The van der Waals surface area contributed by atoms with Crippen molar-refractivity contribution in [2.45, 2.75) is 26.5 Å². The maximum Gasteiger partial charge on any atom is 0.290 e. The van der Waals surface area contributed by atoms with E-state index < -0.39 is 6.04 Å². The van der Waals surface area contributed by atoms with Gasteiger partial charge in [-0.3, -0.25) is 9.59 Å². The van der Waals surface area contributed by atoms with Crippen LogP contribution in [0.25, 0.3) is 11.0 Å². The Bertz CT molecular complexity index is 1470. The van der Waals surface area contributed by atoms with Crippen molar-refractivity contribution in [2.75, 3.05) is 14.2 Å². The van der Waals surface area contributed by atoms with E-state index in [0.29, 0.717) is 34.6 Å². The van der Waals surface area contributed by atoms with Crippen molar-refractivity contribution in [1.29, 1.82) is 0 Å². The number of hydrogen-bond acceptors (Lipinski definition) is 5. The summed E-state index contributed by atoms with van der Waals surface area (Å²) in [6.07, 6.45) is 0. The van der Waals surface area contributed by atoms with Crippen LogP contribution >= 0.6 is 0 Å². The molecule has 172 valence electrons. The molecule has 0 saturated carbocycles. The van der Waals surface area contributed by atoms with Crippen molar-refractivity contribution in [2.24, 2.45) is 0 Å². The number of nitrogens with zero attached hydrogens (tertiary/aromatic N) is 1. The van der Waals surface area contributed by atoms with Gasteiger partial charge in [0.05, 0.1) is 24.1 Å². The molecule has 5 rings (SSSR count). The highest BCUT2D eigenvalue weighted by molar-refractivity contribution is 5.99. The molecule has 0 radical (unpaired) electrons. The summed E-state index contributed by atoms with van der Waals surface area (Å²) in [5.41, 5.74) is 4.37. The van der Waals surface area contributed by atoms with Crippen LogP contribution in [0.2, 0.25) is 0 Å². The van der Waals surface area contributed by atoms with E-state index in [4.69, 9.17) is 13.9 Å². The summed E-state index contributed by atoms with van der Waals surface area (Å²) >= 11 is 0.